The van der Waals surface area contributed by atoms with Crippen molar-refractivity contribution in [2.75, 3.05) is 20.3 Å². The maximum absolute atomic E-state index is 13.0. The molecule has 2 aromatic carbocycles. The first-order valence-electron chi connectivity index (χ1n) is 8.98. The summed E-state index contributed by atoms with van der Waals surface area (Å²) in [4.78, 5) is 24.9. The van der Waals surface area contributed by atoms with Crippen molar-refractivity contribution in [2.24, 2.45) is 5.92 Å². The Morgan fingerprint density at radius 1 is 1.07 bits per heavy atom. The van der Waals surface area contributed by atoms with Crippen molar-refractivity contribution < 1.29 is 23.4 Å². The lowest BCUT2D eigenvalue weighted by Gasteiger charge is -2.12. The number of rotatable bonds is 7. The molecule has 0 aliphatic carbocycles. The van der Waals surface area contributed by atoms with E-state index in [1.807, 2.05) is 13.8 Å². The van der Waals surface area contributed by atoms with Crippen LogP contribution in [0.3, 0.4) is 0 Å². The molecule has 0 bridgehead atoms. The van der Waals surface area contributed by atoms with Crippen LogP contribution in [0.1, 0.15) is 13.8 Å². The van der Waals surface area contributed by atoms with Gasteiger partial charge in [0.2, 0.25) is 11.2 Å². The zero-order valence-electron chi connectivity index (χ0n) is 16.1. The van der Waals surface area contributed by atoms with Gasteiger partial charge in [-0.25, -0.2) is 4.79 Å². The number of methoxy groups -OCH3 is 1. The molecule has 0 N–H and O–H groups in total. The van der Waals surface area contributed by atoms with E-state index in [-0.39, 0.29) is 29.5 Å². The normalized spacial score (nSPS) is 10.9. The third-order valence-electron chi connectivity index (χ3n) is 4.02. The van der Waals surface area contributed by atoms with Crippen molar-refractivity contribution in [3.63, 3.8) is 0 Å². The molecule has 3 aromatic rings. The minimum absolute atomic E-state index is 0.0228. The molecule has 6 heteroatoms. The Bertz CT molecular complexity index is 1020. The summed E-state index contributed by atoms with van der Waals surface area (Å²) in [7, 11) is 1.57. The van der Waals surface area contributed by atoms with E-state index in [2.05, 4.69) is 0 Å². The van der Waals surface area contributed by atoms with E-state index in [1.54, 1.807) is 55.6 Å². The summed E-state index contributed by atoms with van der Waals surface area (Å²) in [5, 5.41) is 0.380. The van der Waals surface area contributed by atoms with E-state index >= 15 is 0 Å². The highest BCUT2D eigenvalue weighted by Crippen LogP contribution is 2.31. The average Bonchev–Trinajstić information content (AvgIpc) is 2.71. The van der Waals surface area contributed by atoms with Gasteiger partial charge < -0.3 is 18.6 Å². The summed E-state index contributed by atoms with van der Waals surface area (Å²) in [5.74, 6) is 0.575. The van der Waals surface area contributed by atoms with Gasteiger partial charge in [0.15, 0.2) is 12.4 Å². The molecular weight excluding hydrogens is 360 g/mol. The number of para-hydroxylation sites is 1. The lowest BCUT2D eigenvalue weighted by atomic mass is 10.1. The van der Waals surface area contributed by atoms with E-state index < -0.39 is 5.97 Å². The summed E-state index contributed by atoms with van der Waals surface area (Å²) < 4.78 is 21.8. The quantitative estimate of drug-likeness (QED) is 0.574. The van der Waals surface area contributed by atoms with E-state index in [0.717, 1.165) is 0 Å². The molecule has 0 atom stereocenters. The highest BCUT2D eigenvalue weighted by atomic mass is 16.6. The van der Waals surface area contributed by atoms with Gasteiger partial charge in [-0.2, -0.15) is 0 Å². The maximum Gasteiger partial charge on any atom is 0.344 e. The molecule has 28 heavy (non-hydrogen) atoms. The van der Waals surface area contributed by atoms with Crippen LogP contribution in [0.15, 0.2) is 57.7 Å². The number of carbonyl (C=O) groups is 1. The van der Waals surface area contributed by atoms with Crippen LogP contribution >= 0.6 is 0 Å². The highest BCUT2D eigenvalue weighted by molar-refractivity contribution is 5.82. The van der Waals surface area contributed by atoms with Gasteiger partial charge in [0.1, 0.15) is 11.3 Å². The molecule has 0 saturated carbocycles. The van der Waals surface area contributed by atoms with E-state index in [0.29, 0.717) is 28.9 Å². The van der Waals surface area contributed by atoms with Crippen LogP contribution in [0, 0.1) is 5.92 Å². The zero-order chi connectivity index (χ0) is 20.1. The summed E-state index contributed by atoms with van der Waals surface area (Å²) in [6.07, 6.45) is 0. The van der Waals surface area contributed by atoms with Crippen molar-refractivity contribution in [2.45, 2.75) is 13.8 Å². The second-order valence-corrected chi connectivity index (χ2v) is 6.68. The van der Waals surface area contributed by atoms with Gasteiger partial charge in [0.25, 0.3) is 0 Å². The molecule has 146 valence electrons. The lowest BCUT2D eigenvalue weighted by molar-refractivity contribution is -0.147. The molecule has 1 aromatic heterocycles. The molecular formula is C22H22O6. The second-order valence-electron chi connectivity index (χ2n) is 6.68. The van der Waals surface area contributed by atoms with Gasteiger partial charge in [0.05, 0.1) is 19.1 Å². The summed E-state index contributed by atoms with van der Waals surface area (Å²) in [5.41, 5.74) is 0.728. The Balaban J connectivity index is 1.99. The van der Waals surface area contributed by atoms with Gasteiger partial charge >= 0.3 is 5.97 Å². The van der Waals surface area contributed by atoms with Crippen molar-refractivity contribution in [1.82, 2.24) is 0 Å². The Hall–Kier alpha value is -3.28. The number of fused-ring (bicyclic) bond motifs is 1. The molecule has 1 heterocycles. The van der Waals surface area contributed by atoms with Crippen LogP contribution in [0.2, 0.25) is 0 Å². The monoisotopic (exact) mass is 382 g/mol. The molecule has 0 unspecified atom stereocenters. The van der Waals surface area contributed by atoms with Crippen molar-refractivity contribution >= 4 is 16.9 Å². The van der Waals surface area contributed by atoms with Crippen LogP contribution in [0.4, 0.5) is 0 Å². The smallest absolute Gasteiger partial charge is 0.344 e. The average molecular weight is 382 g/mol. The van der Waals surface area contributed by atoms with Gasteiger partial charge in [-0.05, 0) is 42.3 Å². The van der Waals surface area contributed by atoms with Crippen LogP contribution < -0.4 is 14.9 Å². The molecule has 3 rings (SSSR count). The van der Waals surface area contributed by atoms with Crippen LogP contribution in [-0.2, 0) is 9.53 Å². The molecule has 0 radical (unpaired) electrons. The highest BCUT2D eigenvalue weighted by Gasteiger charge is 2.19. The van der Waals surface area contributed by atoms with E-state index in [1.165, 1.54) is 0 Å². The fourth-order valence-corrected chi connectivity index (χ4v) is 2.62. The fraction of sp³-hybridized carbons (Fsp3) is 0.273. The SMILES string of the molecule is COc1ccc(-c2oc3ccccc3c(=O)c2OCC(=O)OCC(C)C)cc1. The Labute approximate surface area is 162 Å². The minimum atomic E-state index is -0.540. The summed E-state index contributed by atoms with van der Waals surface area (Å²) in [6.45, 7) is 3.79. The molecule has 6 nitrogen and oxygen atoms in total. The number of ether oxygens (including phenoxy) is 3. The van der Waals surface area contributed by atoms with Crippen LogP contribution in [0.25, 0.3) is 22.3 Å². The second kappa shape index (κ2) is 8.61. The molecule has 0 amide bonds. The van der Waals surface area contributed by atoms with Gasteiger partial charge in [0, 0.05) is 5.56 Å². The van der Waals surface area contributed by atoms with Crippen LogP contribution in [0.5, 0.6) is 11.5 Å². The first-order chi connectivity index (χ1) is 13.5. The Morgan fingerprint density at radius 2 is 1.79 bits per heavy atom. The summed E-state index contributed by atoms with van der Waals surface area (Å²) >= 11 is 0. The third kappa shape index (κ3) is 4.34. The standard InChI is InChI=1S/C22H22O6/c1-14(2)12-26-19(23)13-27-22-20(24)17-6-4-5-7-18(17)28-21(22)15-8-10-16(25-3)11-9-15/h4-11,14H,12-13H2,1-3H3. The van der Waals surface area contributed by atoms with Gasteiger partial charge in [-0.1, -0.05) is 26.0 Å². The Kier molecular flexibility index (Phi) is 5.99. The number of esters is 1. The van der Waals surface area contributed by atoms with E-state index in [9.17, 15) is 9.59 Å². The third-order valence-corrected chi connectivity index (χ3v) is 4.02. The first-order valence-corrected chi connectivity index (χ1v) is 8.98. The topological polar surface area (TPSA) is 75.0 Å². The molecule has 0 fully saturated rings. The predicted octanol–water partition coefficient (Wildman–Crippen LogP) is 4.05. The lowest BCUT2D eigenvalue weighted by Crippen LogP contribution is -2.20. The van der Waals surface area contributed by atoms with Gasteiger partial charge in [-0.15, -0.1) is 0 Å². The molecule has 0 aliphatic heterocycles. The zero-order valence-corrected chi connectivity index (χ0v) is 16.1. The number of hydrogen-bond acceptors (Lipinski definition) is 6. The number of benzene rings is 2. The summed E-state index contributed by atoms with van der Waals surface area (Å²) in [6, 6.07) is 13.9. The van der Waals surface area contributed by atoms with Crippen molar-refractivity contribution in [3.8, 4) is 22.8 Å². The van der Waals surface area contributed by atoms with Crippen LogP contribution in [-0.4, -0.2) is 26.3 Å². The minimum Gasteiger partial charge on any atom is -0.497 e. The first kappa shape index (κ1) is 19.5. The molecule has 0 saturated heterocycles. The van der Waals surface area contributed by atoms with E-state index in [4.69, 9.17) is 18.6 Å². The predicted molar refractivity (Wildman–Crippen MR) is 106 cm³/mol. The van der Waals surface area contributed by atoms with Crippen molar-refractivity contribution in [1.29, 1.82) is 0 Å². The van der Waals surface area contributed by atoms with Gasteiger partial charge in [-0.3, -0.25) is 4.79 Å². The maximum atomic E-state index is 13.0. The molecule has 0 spiro atoms. The number of hydrogen-bond donors (Lipinski definition) is 0. The Morgan fingerprint density at radius 3 is 2.46 bits per heavy atom. The van der Waals surface area contributed by atoms with Crippen molar-refractivity contribution in [3.05, 3.63) is 58.8 Å². The number of carbonyl (C=O) groups excluding carboxylic acids is 1. The molecule has 0 aliphatic rings. The largest absolute Gasteiger partial charge is 0.497 e. The fourth-order valence-electron chi connectivity index (χ4n) is 2.62.